The number of ether oxygens (including phenoxy) is 2. The zero-order chi connectivity index (χ0) is 13.8. The van der Waals surface area contributed by atoms with Crippen LogP contribution >= 0.6 is 0 Å². The van der Waals surface area contributed by atoms with Gasteiger partial charge in [0.25, 0.3) is 0 Å². The van der Waals surface area contributed by atoms with E-state index >= 15 is 0 Å². The van der Waals surface area contributed by atoms with Crippen molar-refractivity contribution >= 4 is 5.97 Å². The lowest BCUT2D eigenvalue weighted by molar-refractivity contribution is -0.151. The highest BCUT2D eigenvalue weighted by molar-refractivity contribution is 5.75. The second-order valence-corrected chi connectivity index (χ2v) is 4.77. The van der Waals surface area contributed by atoms with E-state index in [0.717, 1.165) is 12.8 Å². The third-order valence-corrected chi connectivity index (χ3v) is 3.44. The zero-order valence-corrected chi connectivity index (χ0v) is 11.5. The number of carbonyl (C=O) groups excluding carboxylic acids is 1. The molecule has 1 aliphatic rings. The standard InChI is InChI=1S/C15H21NO3/c1-3-14(15(17)18-4-2)19-11-6-7-12-10(9-11)5-8-13(12)16/h6-7,9,13-14H,3-5,8,16H2,1-2H3/t13-,14?/m1/s1. The van der Waals surface area contributed by atoms with Gasteiger partial charge in [-0.2, -0.15) is 0 Å². The van der Waals surface area contributed by atoms with Crippen LogP contribution in [0.25, 0.3) is 0 Å². The van der Waals surface area contributed by atoms with Crippen molar-refractivity contribution in [2.75, 3.05) is 6.61 Å². The Labute approximate surface area is 113 Å². The van der Waals surface area contributed by atoms with Crippen LogP contribution in [0.4, 0.5) is 0 Å². The van der Waals surface area contributed by atoms with Gasteiger partial charge in [-0.15, -0.1) is 0 Å². The number of hydrogen-bond acceptors (Lipinski definition) is 4. The summed E-state index contributed by atoms with van der Waals surface area (Å²) in [5, 5.41) is 0. The molecule has 0 spiro atoms. The lowest BCUT2D eigenvalue weighted by atomic mass is 10.1. The maximum absolute atomic E-state index is 11.7. The van der Waals surface area contributed by atoms with Gasteiger partial charge in [0.05, 0.1) is 6.61 Å². The topological polar surface area (TPSA) is 61.5 Å². The summed E-state index contributed by atoms with van der Waals surface area (Å²) in [6, 6.07) is 6.01. The molecule has 0 heterocycles. The number of hydrogen-bond donors (Lipinski definition) is 1. The van der Waals surface area contributed by atoms with E-state index in [9.17, 15) is 4.79 Å². The minimum absolute atomic E-state index is 0.135. The summed E-state index contributed by atoms with van der Waals surface area (Å²) < 4.78 is 10.7. The predicted molar refractivity (Wildman–Crippen MR) is 73.0 cm³/mol. The number of fused-ring (bicyclic) bond motifs is 1. The summed E-state index contributed by atoms with van der Waals surface area (Å²) in [5.41, 5.74) is 8.41. The quantitative estimate of drug-likeness (QED) is 0.828. The lowest BCUT2D eigenvalue weighted by Crippen LogP contribution is -2.28. The molecule has 2 N–H and O–H groups in total. The first-order valence-corrected chi connectivity index (χ1v) is 6.87. The first-order chi connectivity index (χ1) is 9.15. The van der Waals surface area contributed by atoms with Crippen molar-refractivity contribution in [2.24, 2.45) is 5.73 Å². The smallest absolute Gasteiger partial charge is 0.347 e. The van der Waals surface area contributed by atoms with E-state index in [1.807, 2.05) is 25.1 Å². The van der Waals surface area contributed by atoms with Gasteiger partial charge in [-0.05, 0) is 49.4 Å². The van der Waals surface area contributed by atoms with Crippen LogP contribution in [0.5, 0.6) is 5.75 Å². The first kappa shape index (κ1) is 13.9. The van der Waals surface area contributed by atoms with Crippen molar-refractivity contribution in [1.82, 2.24) is 0 Å². The summed E-state index contributed by atoms with van der Waals surface area (Å²) in [5.74, 6) is 0.412. The van der Waals surface area contributed by atoms with Gasteiger partial charge in [0.15, 0.2) is 6.10 Å². The molecule has 0 amide bonds. The van der Waals surface area contributed by atoms with Crippen LogP contribution in [0, 0.1) is 0 Å². The van der Waals surface area contributed by atoms with Crippen LogP contribution in [0.3, 0.4) is 0 Å². The monoisotopic (exact) mass is 263 g/mol. The average molecular weight is 263 g/mol. The van der Waals surface area contributed by atoms with Crippen molar-refractivity contribution in [3.05, 3.63) is 29.3 Å². The van der Waals surface area contributed by atoms with Gasteiger partial charge in [0.2, 0.25) is 0 Å². The highest BCUT2D eigenvalue weighted by Crippen LogP contribution is 2.32. The minimum atomic E-state index is -0.534. The molecule has 1 unspecified atom stereocenters. The van der Waals surface area contributed by atoms with Crippen molar-refractivity contribution in [3.8, 4) is 5.75 Å². The first-order valence-electron chi connectivity index (χ1n) is 6.87. The van der Waals surface area contributed by atoms with Crippen LogP contribution in [-0.4, -0.2) is 18.7 Å². The molecular formula is C15H21NO3. The van der Waals surface area contributed by atoms with Gasteiger partial charge >= 0.3 is 5.97 Å². The molecule has 1 aliphatic carbocycles. The number of carbonyl (C=O) groups is 1. The van der Waals surface area contributed by atoms with Crippen LogP contribution in [0.15, 0.2) is 18.2 Å². The molecule has 0 saturated heterocycles. The molecule has 2 atom stereocenters. The second kappa shape index (κ2) is 6.06. The number of rotatable bonds is 5. The molecule has 104 valence electrons. The lowest BCUT2D eigenvalue weighted by Gasteiger charge is -2.16. The van der Waals surface area contributed by atoms with Crippen LogP contribution in [-0.2, 0) is 16.0 Å². The highest BCUT2D eigenvalue weighted by Gasteiger charge is 2.22. The average Bonchev–Trinajstić information content (AvgIpc) is 2.77. The Morgan fingerprint density at radius 3 is 2.95 bits per heavy atom. The molecule has 2 rings (SSSR count). The number of nitrogens with two attached hydrogens (primary N) is 1. The summed E-state index contributed by atoms with van der Waals surface area (Å²) in [6.07, 6.45) is 2.01. The van der Waals surface area contributed by atoms with E-state index in [1.165, 1.54) is 11.1 Å². The highest BCUT2D eigenvalue weighted by atomic mass is 16.6. The third-order valence-electron chi connectivity index (χ3n) is 3.44. The van der Waals surface area contributed by atoms with Crippen LogP contribution < -0.4 is 10.5 Å². The van der Waals surface area contributed by atoms with E-state index in [0.29, 0.717) is 18.8 Å². The molecule has 4 heteroatoms. The van der Waals surface area contributed by atoms with Gasteiger partial charge in [0.1, 0.15) is 5.75 Å². The fraction of sp³-hybridized carbons (Fsp3) is 0.533. The largest absolute Gasteiger partial charge is 0.479 e. The molecule has 1 aromatic rings. The maximum atomic E-state index is 11.7. The molecular weight excluding hydrogens is 242 g/mol. The third kappa shape index (κ3) is 3.07. The number of esters is 1. The van der Waals surface area contributed by atoms with Crippen molar-refractivity contribution in [3.63, 3.8) is 0 Å². The van der Waals surface area contributed by atoms with E-state index in [-0.39, 0.29) is 12.0 Å². The van der Waals surface area contributed by atoms with Gasteiger partial charge in [-0.1, -0.05) is 13.0 Å². The molecule has 0 aromatic heterocycles. The van der Waals surface area contributed by atoms with Gasteiger partial charge in [-0.25, -0.2) is 4.79 Å². The van der Waals surface area contributed by atoms with E-state index in [2.05, 4.69) is 0 Å². The molecule has 0 radical (unpaired) electrons. The summed E-state index contributed by atoms with van der Waals surface area (Å²) in [6.45, 7) is 4.07. The Hall–Kier alpha value is -1.55. The molecule has 1 aromatic carbocycles. The van der Waals surface area contributed by atoms with Crippen LogP contribution in [0.1, 0.15) is 43.9 Å². The Balaban J connectivity index is 2.08. The van der Waals surface area contributed by atoms with Crippen LogP contribution in [0.2, 0.25) is 0 Å². The predicted octanol–water partition coefficient (Wildman–Crippen LogP) is 2.35. The molecule has 0 bridgehead atoms. The second-order valence-electron chi connectivity index (χ2n) is 4.77. The summed E-state index contributed by atoms with van der Waals surface area (Å²) in [4.78, 5) is 11.7. The van der Waals surface area contributed by atoms with E-state index in [1.54, 1.807) is 6.92 Å². The van der Waals surface area contributed by atoms with Gasteiger partial charge in [0, 0.05) is 6.04 Å². The van der Waals surface area contributed by atoms with E-state index in [4.69, 9.17) is 15.2 Å². The van der Waals surface area contributed by atoms with Gasteiger partial charge in [-0.3, -0.25) is 0 Å². The Bertz CT molecular complexity index is 459. The number of benzene rings is 1. The normalized spacial score (nSPS) is 18.8. The Kier molecular flexibility index (Phi) is 4.43. The Morgan fingerprint density at radius 2 is 2.26 bits per heavy atom. The van der Waals surface area contributed by atoms with Crippen molar-refractivity contribution < 1.29 is 14.3 Å². The zero-order valence-electron chi connectivity index (χ0n) is 11.5. The molecule has 0 saturated carbocycles. The fourth-order valence-electron chi connectivity index (χ4n) is 2.40. The van der Waals surface area contributed by atoms with E-state index < -0.39 is 6.10 Å². The maximum Gasteiger partial charge on any atom is 0.347 e. The number of aryl methyl sites for hydroxylation is 1. The van der Waals surface area contributed by atoms with Crippen molar-refractivity contribution in [1.29, 1.82) is 0 Å². The SMILES string of the molecule is CCOC(=O)C(CC)Oc1ccc2c(c1)CC[C@H]2N. The Morgan fingerprint density at radius 1 is 1.47 bits per heavy atom. The molecule has 4 nitrogen and oxygen atoms in total. The molecule has 19 heavy (non-hydrogen) atoms. The van der Waals surface area contributed by atoms with Crippen molar-refractivity contribution in [2.45, 2.75) is 45.3 Å². The molecule has 0 aliphatic heterocycles. The minimum Gasteiger partial charge on any atom is -0.479 e. The molecule has 0 fully saturated rings. The summed E-state index contributed by atoms with van der Waals surface area (Å²) >= 11 is 0. The fourth-order valence-corrected chi connectivity index (χ4v) is 2.40. The summed E-state index contributed by atoms with van der Waals surface area (Å²) in [7, 11) is 0. The van der Waals surface area contributed by atoms with Gasteiger partial charge < -0.3 is 15.2 Å².